The van der Waals surface area contributed by atoms with Crippen molar-refractivity contribution in [2.75, 3.05) is 26.1 Å². The quantitative estimate of drug-likeness (QED) is 0.622. The summed E-state index contributed by atoms with van der Waals surface area (Å²) < 4.78 is 14.4. The number of nitrogen functional groups attached to an aromatic ring is 1. The Balaban J connectivity index is 2.73. The van der Waals surface area contributed by atoms with E-state index in [9.17, 15) is 9.59 Å². The molecule has 0 aliphatic carbocycles. The van der Waals surface area contributed by atoms with Crippen LogP contribution in [0.15, 0.2) is 18.2 Å². The largest absolute Gasteiger partial charge is 0.494 e. The van der Waals surface area contributed by atoms with E-state index < -0.39 is 18.5 Å². The molecule has 0 spiro atoms. The molecule has 0 aliphatic rings. The van der Waals surface area contributed by atoms with Gasteiger partial charge < -0.3 is 19.9 Å². The van der Waals surface area contributed by atoms with Gasteiger partial charge in [0.1, 0.15) is 5.56 Å². The van der Waals surface area contributed by atoms with Gasteiger partial charge in [-0.05, 0) is 19.1 Å². The predicted octanol–water partition coefficient (Wildman–Crippen LogP) is 0.997. The number of nitrogens with two attached hydrogens (primary N) is 1. The molecule has 0 saturated carbocycles. The van der Waals surface area contributed by atoms with Gasteiger partial charge in [0.25, 0.3) is 0 Å². The minimum absolute atomic E-state index is 0.168. The molecule has 98 valence electrons. The van der Waals surface area contributed by atoms with E-state index in [4.69, 9.17) is 15.2 Å². The molecule has 18 heavy (non-hydrogen) atoms. The summed E-state index contributed by atoms with van der Waals surface area (Å²) >= 11 is 0. The van der Waals surface area contributed by atoms with Crippen LogP contribution >= 0.6 is 0 Å². The Morgan fingerprint density at radius 2 is 2.00 bits per heavy atom. The van der Waals surface area contributed by atoms with Gasteiger partial charge in [0, 0.05) is 0 Å². The van der Waals surface area contributed by atoms with Crippen LogP contribution in [-0.2, 0) is 14.3 Å². The maximum absolute atomic E-state index is 11.7. The van der Waals surface area contributed by atoms with Crippen LogP contribution in [0.25, 0.3) is 0 Å². The predicted molar refractivity (Wildman–Crippen MR) is 64.3 cm³/mol. The smallest absolute Gasteiger partial charge is 0.344 e. The van der Waals surface area contributed by atoms with Crippen LogP contribution in [0.2, 0.25) is 0 Å². The third kappa shape index (κ3) is 3.38. The second-order valence-electron chi connectivity index (χ2n) is 3.31. The first-order valence-corrected chi connectivity index (χ1v) is 5.35. The average molecular weight is 253 g/mol. The van der Waals surface area contributed by atoms with Crippen LogP contribution in [0.5, 0.6) is 5.75 Å². The molecule has 0 amide bonds. The molecule has 0 aliphatic heterocycles. The Morgan fingerprint density at radius 1 is 1.28 bits per heavy atom. The Morgan fingerprint density at radius 3 is 2.61 bits per heavy atom. The fourth-order valence-corrected chi connectivity index (χ4v) is 1.35. The molecule has 6 heteroatoms. The summed E-state index contributed by atoms with van der Waals surface area (Å²) in [6.45, 7) is 1.46. The zero-order chi connectivity index (χ0) is 13.5. The lowest BCUT2D eigenvalue weighted by molar-refractivity contribution is -0.146. The monoisotopic (exact) mass is 253 g/mol. The van der Waals surface area contributed by atoms with Gasteiger partial charge in [0.2, 0.25) is 0 Å². The van der Waals surface area contributed by atoms with Crippen molar-refractivity contribution in [3.63, 3.8) is 0 Å². The molecule has 0 unspecified atom stereocenters. The number of hydrogen-bond donors (Lipinski definition) is 1. The fourth-order valence-electron chi connectivity index (χ4n) is 1.35. The van der Waals surface area contributed by atoms with Gasteiger partial charge in [-0.25, -0.2) is 9.59 Å². The summed E-state index contributed by atoms with van der Waals surface area (Å²) in [6, 6.07) is 4.70. The third-order valence-corrected chi connectivity index (χ3v) is 2.10. The average Bonchev–Trinajstić information content (AvgIpc) is 2.36. The first kappa shape index (κ1) is 13.8. The molecule has 0 radical (unpaired) electrons. The van der Waals surface area contributed by atoms with Gasteiger partial charge in [-0.3, -0.25) is 0 Å². The van der Waals surface area contributed by atoms with Gasteiger partial charge in [-0.2, -0.15) is 0 Å². The van der Waals surface area contributed by atoms with E-state index in [1.165, 1.54) is 13.2 Å². The molecule has 0 atom stereocenters. The third-order valence-electron chi connectivity index (χ3n) is 2.10. The molecule has 0 heterocycles. The van der Waals surface area contributed by atoms with Gasteiger partial charge >= 0.3 is 11.9 Å². The summed E-state index contributed by atoms with van der Waals surface area (Å²) in [4.78, 5) is 22.8. The summed E-state index contributed by atoms with van der Waals surface area (Å²) in [5.74, 6) is -1.06. The van der Waals surface area contributed by atoms with Crippen molar-refractivity contribution in [1.82, 2.24) is 0 Å². The summed E-state index contributed by atoms with van der Waals surface area (Å²) in [7, 11) is 1.40. The highest BCUT2D eigenvalue weighted by atomic mass is 16.6. The molecule has 0 saturated heterocycles. The lowest BCUT2D eigenvalue weighted by atomic mass is 10.2. The number of hydrogen-bond acceptors (Lipinski definition) is 6. The van der Waals surface area contributed by atoms with Crippen molar-refractivity contribution in [2.45, 2.75) is 6.92 Å². The molecule has 2 N–H and O–H groups in total. The van der Waals surface area contributed by atoms with Crippen LogP contribution in [0.1, 0.15) is 17.3 Å². The second kappa shape index (κ2) is 6.48. The number of anilines is 1. The van der Waals surface area contributed by atoms with E-state index in [0.717, 1.165) is 0 Å². The van der Waals surface area contributed by atoms with Crippen molar-refractivity contribution >= 4 is 17.6 Å². The van der Waals surface area contributed by atoms with E-state index in [1.807, 2.05) is 0 Å². The standard InChI is InChI=1S/C12H15NO5/c1-3-17-10(14)7-18-12(15)8-5-4-6-9(13)11(8)16-2/h4-6H,3,7,13H2,1-2H3. The Hall–Kier alpha value is -2.24. The number of carbonyl (C=O) groups excluding carboxylic acids is 2. The van der Waals surface area contributed by atoms with E-state index in [1.54, 1.807) is 19.1 Å². The first-order chi connectivity index (χ1) is 8.60. The van der Waals surface area contributed by atoms with Crippen molar-refractivity contribution in [2.24, 2.45) is 0 Å². The first-order valence-electron chi connectivity index (χ1n) is 5.35. The molecular formula is C12H15NO5. The van der Waals surface area contributed by atoms with E-state index in [2.05, 4.69) is 4.74 Å². The van der Waals surface area contributed by atoms with Crippen molar-refractivity contribution in [3.05, 3.63) is 23.8 Å². The Kier molecular flexibility index (Phi) is 4.98. The molecule has 1 aromatic carbocycles. The van der Waals surface area contributed by atoms with Crippen molar-refractivity contribution in [3.8, 4) is 5.75 Å². The molecule has 0 fully saturated rings. The number of para-hydroxylation sites is 1. The Bertz CT molecular complexity index is 444. The van der Waals surface area contributed by atoms with Crippen LogP contribution in [0.4, 0.5) is 5.69 Å². The van der Waals surface area contributed by atoms with E-state index in [0.29, 0.717) is 5.69 Å². The highest BCUT2D eigenvalue weighted by Crippen LogP contribution is 2.26. The summed E-state index contributed by atoms with van der Waals surface area (Å²) in [6.07, 6.45) is 0. The maximum atomic E-state index is 11.7. The summed E-state index contributed by atoms with van der Waals surface area (Å²) in [5.41, 5.74) is 6.14. The number of carbonyl (C=O) groups is 2. The van der Waals surface area contributed by atoms with Crippen LogP contribution in [0.3, 0.4) is 0 Å². The molecule has 1 rings (SSSR count). The zero-order valence-electron chi connectivity index (χ0n) is 10.3. The van der Waals surface area contributed by atoms with Gasteiger partial charge in [-0.15, -0.1) is 0 Å². The highest BCUT2D eigenvalue weighted by Gasteiger charge is 2.17. The lowest BCUT2D eigenvalue weighted by Crippen LogP contribution is -2.17. The van der Waals surface area contributed by atoms with Gasteiger partial charge in [0.05, 0.1) is 19.4 Å². The van der Waals surface area contributed by atoms with Crippen LogP contribution in [-0.4, -0.2) is 32.3 Å². The number of benzene rings is 1. The van der Waals surface area contributed by atoms with Gasteiger partial charge in [-0.1, -0.05) is 6.07 Å². The topological polar surface area (TPSA) is 87.9 Å². The molecule has 1 aromatic rings. The van der Waals surface area contributed by atoms with E-state index >= 15 is 0 Å². The van der Waals surface area contributed by atoms with Crippen LogP contribution in [0, 0.1) is 0 Å². The molecular weight excluding hydrogens is 238 g/mol. The number of ether oxygens (including phenoxy) is 3. The maximum Gasteiger partial charge on any atom is 0.344 e. The van der Waals surface area contributed by atoms with E-state index in [-0.39, 0.29) is 17.9 Å². The van der Waals surface area contributed by atoms with Crippen molar-refractivity contribution < 1.29 is 23.8 Å². The molecule has 0 bridgehead atoms. The number of rotatable bonds is 5. The minimum atomic E-state index is -0.688. The zero-order valence-corrected chi connectivity index (χ0v) is 10.3. The normalized spacial score (nSPS) is 9.67. The van der Waals surface area contributed by atoms with Crippen LogP contribution < -0.4 is 10.5 Å². The fraction of sp³-hybridized carbons (Fsp3) is 0.333. The molecule has 0 aromatic heterocycles. The van der Waals surface area contributed by atoms with Gasteiger partial charge in [0.15, 0.2) is 12.4 Å². The van der Waals surface area contributed by atoms with Crippen molar-refractivity contribution in [1.29, 1.82) is 0 Å². The minimum Gasteiger partial charge on any atom is -0.494 e. The second-order valence-corrected chi connectivity index (χ2v) is 3.31. The molecule has 6 nitrogen and oxygen atoms in total. The number of esters is 2. The summed E-state index contributed by atoms with van der Waals surface area (Å²) in [5, 5.41) is 0. The highest BCUT2D eigenvalue weighted by molar-refractivity contribution is 5.95. The SMILES string of the molecule is CCOC(=O)COC(=O)c1cccc(N)c1OC. The lowest BCUT2D eigenvalue weighted by Gasteiger charge is -2.10. The Labute approximate surface area is 105 Å². The number of methoxy groups -OCH3 is 1.